The highest BCUT2D eigenvalue weighted by molar-refractivity contribution is 7.89. The number of rotatable bonds is 9. The van der Waals surface area contributed by atoms with Crippen molar-refractivity contribution in [2.75, 3.05) is 33.2 Å². The van der Waals surface area contributed by atoms with Gasteiger partial charge in [-0.05, 0) is 56.3 Å². The summed E-state index contributed by atoms with van der Waals surface area (Å²) in [4.78, 5) is 19.0. The number of benzene rings is 1. The third kappa shape index (κ3) is 6.00. The number of piperidine rings is 1. The Morgan fingerprint density at radius 1 is 1.26 bits per heavy atom. The number of hydrogen-bond acceptors (Lipinski definition) is 5. The van der Waals surface area contributed by atoms with Gasteiger partial charge >= 0.3 is 0 Å². The van der Waals surface area contributed by atoms with Crippen LogP contribution in [0, 0.1) is 0 Å². The molecule has 3 rings (SSSR count). The van der Waals surface area contributed by atoms with Crippen LogP contribution in [0.25, 0.3) is 0 Å². The van der Waals surface area contributed by atoms with Gasteiger partial charge < -0.3 is 10.2 Å². The number of carbonyl (C=O) groups excluding carboxylic acids is 1. The van der Waals surface area contributed by atoms with Crippen molar-refractivity contribution in [1.29, 1.82) is 0 Å². The van der Waals surface area contributed by atoms with E-state index in [9.17, 15) is 13.2 Å². The molecule has 2 aromatic rings. The lowest BCUT2D eigenvalue weighted by atomic mass is 10.1. The zero-order valence-electron chi connectivity index (χ0n) is 17.9. The number of aromatic nitrogens is 1. The van der Waals surface area contributed by atoms with Gasteiger partial charge in [-0.1, -0.05) is 18.2 Å². The van der Waals surface area contributed by atoms with E-state index in [1.54, 1.807) is 31.5 Å². The van der Waals surface area contributed by atoms with Gasteiger partial charge in [0.25, 0.3) is 5.91 Å². The Hall–Kier alpha value is -2.55. The maximum atomic E-state index is 13.2. The summed E-state index contributed by atoms with van der Waals surface area (Å²) in [5.41, 5.74) is 1.39. The summed E-state index contributed by atoms with van der Waals surface area (Å²) in [5, 5.41) is 2.67. The van der Waals surface area contributed by atoms with Crippen molar-refractivity contribution < 1.29 is 13.2 Å². The van der Waals surface area contributed by atoms with Crippen molar-refractivity contribution >= 4 is 15.9 Å². The Morgan fingerprint density at radius 3 is 2.71 bits per heavy atom. The number of hydrogen-bond donors (Lipinski definition) is 1. The number of amides is 1. The van der Waals surface area contributed by atoms with Gasteiger partial charge in [0, 0.05) is 50.1 Å². The number of likely N-dealkylation sites (tertiary alicyclic amines) is 1. The minimum absolute atomic E-state index is 0.0608. The molecule has 0 aliphatic carbocycles. The van der Waals surface area contributed by atoms with E-state index in [1.807, 2.05) is 18.2 Å². The first-order valence-corrected chi connectivity index (χ1v) is 12.0. The van der Waals surface area contributed by atoms with Gasteiger partial charge in [-0.3, -0.25) is 9.78 Å². The monoisotopic (exact) mass is 442 g/mol. The van der Waals surface area contributed by atoms with Gasteiger partial charge in [0.1, 0.15) is 0 Å². The van der Waals surface area contributed by atoms with E-state index < -0.39 is 10.0 Å². The first-order chi connectivity index (χ1) is 14.9. The van der Waals surface area contributed by atoms with E-state index in [-0.39, 0.29) is 16.8 Å². The molecule has 1 aromatic heterocycles. The molecule has 8 heteroatoms. The molecule has 0 radical (unpaired) electrons. The Morgan fingerprint density at radius 2 is 2.03 bits per heavy atom. The molecule has 1 aromatic carbocycles. The van der Waals surface area contributed by atoms with Crippen LogP contribution in [0.5, 0.6) is 0 Å². The van der Waals surface area contributed by atoms with Crippen molar-refractivity contribution in [2.45, 2.75) is 30.2 Å². The molecule has 0 atom stereocenters. The normalized spacial score (nSPS) is 15.7. The lowest BCUT2D eigenvalue weighted by Crippen LogP contribution is -2.46. The van der Waals surface area contributed by atoms with E-state index in [2.05, 4.69) is 21.8 Å². The molecule has 166 valence electrons. The number of sulfonamides is 1. The van der Waals surface area contributed by atoms with Gasteiger partial charge in [-0.15, -0.1) is 6.58 Å². The standard InChI is InChI=1S/C23H30N4O3S/c1-3-13-25-23(28)19-7-6-9-22(18-19)31(29,30)26(2)21-11-16-27(17-12-21)15-10-20-8-4-5-14-24-20/h3-9,14,18,21H,1,10-13,15-17H2,2H3,(H,25,28). The van der Waals surface area contributed by atoms with Gasteiger partial charge in [-0.2, -0.15) is 4.31 Å². The third-order valence-corrected chi connectivity index (χ3v) is 7.57. The van der Waals surface area contributed by atoms with Crippen molar-refractivity contribution in [2.24, 2.45) is 0 Å². The lowest BCUT2D eigenvalue weighted by Gasteiger charge is -2.36. The first-order valence-electron chi connectivity index (χ1n) is 10.5. The predicted molar refractivity (Wildman–Crippen MR) is 121 cm³/mol. The molecule has 1 N–H and O–H groups in total. The smallest absolute Gasteiger partial charge is 0.251 e. The average Bonchev–Trinajstić information content (AvgIpc) is 2.81. The summed E-state index contributed by atoms with van der Waals surface area (Å²) < 4.78 is 27.8. The fourth-order valence-corrected chi connectivity index (χ4v) is 5.21. The Balaban J connectivity index is 1.59. The number of pyridine rings is 1. The summed E-state index contributed by atoms with van der Waals surface area (Å²) in [6.45, 7) is 6.51. The molecule has 2 heterocycles. The molecular weight excluding hydrogens is 412 g/mol. The summed E-state index contributed by atoms with van der Waals surface area (Å²) in [6.07, 6.45) is 5.82. The summed E-state index contributed by atoms with van der Waals surface area (Å²) in [6, 6.07) is 12.1. The Labute approximate surface area is 184 Å². The van der Waals surface area contributed by atoms with Crippen LogP contribution in [0.15, 0.2) is 66.2 Å². The molecule has 1 amide bonds. The van der Waals surface area contributed by atoms with Crippen LogP contribution in [-0.2, 0) is 16.4 Å². The maximum absolute atomic E-state index is 13.2. The fraction of sp³-hybridized carbons (Fsp3) is 0.391. The van der Waals surface area contributed by atoms with E-state index in [1.165, 1.54) is 16.4 Å². The van der Waals surface area contributed by atoms with E-state index in [0.29, 0.717) is 12.1 Å². The lowest BCUT2D eigenvalue weighted by molar-refractivity contribution is 0.0958. The molecule has 0 spiro atoms. The summed E-state index contributed by atoms with van der Waals surface area (Å²) >= 11 is 0. The number of nitrogens with zero attached hydrogens (tertiary/aromatic N) is 3. The van der Waals surface area contributed by atoms with Gasteiger partial charge in [0.05, 0.1) is 4.90 Å². The van der Waals surface area contributed by atoms with Crippen LogP contribution in [0.2, 0.25) is 0 Å². The molecule has 0 saturated carbocycles. The van der Waals surface area contributed by atoms with Crippen LogP contribution in [-0.4, -0.2) is 67.8 Å². The average molecular weight is 443 g/mol. The van der Waals surface area contributed by atoms with Crippen molar-refractivity contribution in [1.82, 2.24) is 19.5 Å². The first kappa shape index (κ1) is 23.1. The molecule has 0 unspecified atom stereocenters. The minimum Gasteiger partial charge on any atom is -0.349 e. The van der Waals surface area contributed by atoms with E-state index in [4.69, 9.17) is 0 Å². The van der Waals surface area contributed by atoms with Crippen molar-refractivity contribution in [3.05, 3.63) is 72.6 Å². The molecule has 1 saturated heterocycles. The highest BCUT2D eigenvalue weighted by atomic mass is 32.2. The van der Waals surface area contributed by atoms with E-state index >= 15 is 0 Å². The Kier molecular flexibility index (Phi) is 7.95. The van der Waals surface area contributed by atoms with Gasteiger partial charge in [0.15, 0.2) is 0 Å². The van der Waals surface area contributed by atoms with Crippen LogP contribution in [0.1, 0.15) is 28.9 Å². The SMILES string of the molecule is C=CCNC(=O)c1cccc(S(=O)(=O)N(C)C2CCN(CCc3ccccn3)CC2)c1. The molecule has 1 aliphatic heterocycles. The molecular formula is C23H30N4O3S. The third-order valence-electron chi connectivity index (χ3n) is 5.66. The Bertz CT molecular complexity index is 987. The second-order valence-electron chi connectivity index (χ2n) is 7.69. The van der Waals surface area contributed by atoms with Crippen molar-refractivity contribution in [3.63, 3.8) is 0 Å². The predicted octanol–water partition coefficient (Wildman–Crippen LogP) is 2.32. The largest absolute Gasteiger partial charge is 0.349 e. The number of carbonyl (C=O) groups is 1. The summed E-state index contributed by atoms with van der Waals surface area (Å²) in [7, 11) is -2.05. The van der Waals surface area contributed by atoms with Gasteiger partial charge in [-0.25, -0.2) is 8.42 Å². The zero-order chi connectivity index (χ0) is 22.3. The zero-order valence-corrected chi connectivity index (χ0v) is 18.7. The molecule has 0 bridgehead atoms. The maximum Gasteiger partial charge on any atom is 0.251 e. The second kappa shape index (κ2) is 10.7. The van der Waals surface area contributed by atoms with Crippen molar-refractivity contribution in [3.8, 4) is 0 Å². The molecule has 7 nitrogen and oxygen atoms in total. The van der Waals surface area contributed by atoms with Gasteiger partial charge in [0.2, 0.25) is 10.0 Å². The molecule has 31 heavy (non-hydrogen) atoms. The minimum atomic E-state index is -3.68. The fourth-order valence-electron chi connectivity index (χ4n) is 3.75. The molecule has 1 fully saturated rings. The highest BCUT2D eigenvalue weighted by Gasteiger charge is 2.31. The molecule has 1 aliphatic rings. The topological polar surface area (TPSA) is 82.6 Å². The van der Waals surface area contributed by atoms with Crippen LogP contribution >= 0.6 is 0 Å². The second-order valence-corrected chi connectivity index (χ2v) is 9.69. The highest BCUT2D eigenvalue weighted by Crippen LogP contribution is 2.23. The van der Waals surface area contributed by atoms with Crippen LogP contribution < -0.4 is 5.32 Å². The quantitative estimate of drug-likeness (QED) is 0.603. The van der Waals surface area contributed by atoms with E-state index in [0.717, 1.165) is 44.6 Å². The van der Waals surface area contributed by atoms with Crippen LogP contribution in [0.3, 0.4) is 0 Å². The summed E-state index contributed by atoms with van der Waals surface area (Å²) in [5.74, 6) is -0.319. The van der Waals surface area contributed by atoms with Crippen LogP contribution in [0.4, 0.5) is 0 Å². The number of nitrogens with one attached hydrogen (secondary N) is 1.